The summed E-state index contributed by atoms with van der Waals surface area (Å²) >= 11 is 0. The molecule has 0 saturated carbocycles. The Morgan fingerprint density at radius 1 is 1.00 bits per heavy atom. The van der Waals surface area contributed by atoms with Gasteiger partial charge < -0.3 is 4.74 Å². The van der Waals surface area contributed by atoms with Gasteiger partial charge in [0.15, 0.2) is 0 Å². The van der Waals surface area contributed by atoms with E-state index in [1.54, 1.807) is 7.11 Å². The third kappa shape index (κ3) is 3.72. The summed E-state index contributed by atoms with van der Waals surface area (Å²) < 4.78 is 5.59. The van der Waals surface area contributed by atoms with Crippen LogP contribution in [0.25, 0.3) is 0 Å². The van der Waals surface area contributed by atoms with Crippen molar-refractivity contribution >= 4 is 24.8 Å². The summed E-state index contributed by atoms with van der Waals surface area (Å²) in [6.45, 7) is 3.46. The molecule has 0 N–H and O–H groups in total. The van der Waals surface area contributed by atoms with Gasteiger partial charge in [-0.2, -0.15) is 0 Å². The first kappa shape index (κ1) is 19.1. The van der Waals surface area contributed by atoms with Crippen LogP contribution < -0.4 is 4.74 Å². The van der Waals surface area contributed by atoms with E-state index in [1.807, 2.05) is 0 Å². The van der Waals surface area contributed by atoms with Gasteiger partial charge in [-0.05, 0) is 47.4 Å². The van der Waals surface area contributed by atoms with E-state index in [-0.39, 0.29) is 24.8 Å². The number of benzene rings is 2. The highest BCUT2D eigenvalue weighted by molar-refractivity contribution is 5.85. The Bertz CT molecular complexity index is 662. The van der Waals surface area contributed by atoms with Crippen molar-refractivity contribution in [2.45, 2.75) is 25.3 Å². The van der Waals surface area contributed by atoms with Gasteiger partial charge in [-0.25, -0.2) is 0 Å². The number of piperidine rings is 1. The third-order valence-electron chi connectivity index (χ3n) is 5.18. The van der Waals surface area contributed by atoms with E-state index in [0.29, 0.717) is 5.92 Å². The number of fused-ring (bicyclic) bond motifs is 4. The maximum atomic E-state index is 5.59. The average Bonchev–Trinajstić information content (AvgIpc) is 2.55. The molecule has 1 saturated heterocycles. The predicted molar refractivity (Wildman–Crippen MR) is 104 cm³/mol. The number of likely N-dealkylation sites (tertiary alicyclic amines) is 1. The van der Waals surface area contributed by atoms with Crippen molar-refractivity contribution in [1.29, 1.82) is 0 Å². The second kappa shape index (κ2) is 8.24. The molecule has 0 aromatic heterocycles. The highest BCUT2D eigenvalue weighted by Crippen LogP contribution is 2.42. The molecule has 2 unspecified atom stereocenters. The topological polar surface area (TPSA) is 12.5 Å². The lowest BCUT2D eigenvalue weighted by Crippen LogP contribution is -2.42. The van der Waals surface area contributed by atoms with Gasteiger partial charge in [-0.3, -0.25) is 4.90 Å². The molecular weight excluding hydrogens is 341 g/mol. The standard InChI is InChI=1S/C20H23NO.2ClH/c1-22-20-9-5-8-18-17-10-16(11-19(18)20)13-21(14-17)12-15-6-3-2-4-7-15;;/h2-9,16-17H,10-14H2,1H3;2*1H. The summed E-state index contributed by atoms with van der Waals surface area (Å²) in [6.07, 6.45) is 2.51. The number of ether oxygens (including phenoxy) is 1. The number of hydrogen-bond acceptors (Lipinski definition) is 2. The fraction of sp³-hybridized carbons (Fsp3) is 0.400. The predicted octanol–water partition coefficient (Wildman–Crippen LogP) is 4.70. The Hall–Kier alpha value is -1.22. The molecule has 1 fully saturated rings. The summed E-state index contributed by atoms with van der Waals surface area (Å²) in [5.41, 5.74) is 4.41. The molecule has 4 rings (SSSR count). The molecule has 1 heterocycles. The summed E-state index contributed by atoms with van der Waals surface area (Å²) in [5, 5.41) is 0. The van der Waals surface area contributed by atoms with Crippen LogP contribution in [0, 0.1) is 5.92 Å². The lowest BCUT2D eigenvalue weighted by molar-refractivity contribution is 0.137. The van der Waals surface area contributed by atoms with Crippen LogP contribution in [-0.2, 0) is 13.0 Å². The Labute approximate surface area is 157 Å². The molecule has 0 radical (unpaired) electrons. The Morgan fingerprint density at radius 2 is 1.79 bits per heavy atom. The fourth-order valence-corrected chi connectivity index (χ4v) is 4.31. The van der Waals surface area contributed by atoms with Gasteiger partial charge in [-0.1, -0.05) is 42.5 Å². The van der Waals surface area contributed by atoms with E-state index >= 15 is 0 Å². The van der Waals surface area contributed by atoms with E-state index in [1.165, 1.54) is 42.6 Å². The number of halogens is 2. The van der Waals surface area contributed by atoms with E-state index in [2.05, 4.69) is 53.4 Å². The first-order valence-electron chi connectivity index (χ1n) is 8.25. The monoisotopic (exact) mass is 365 g/mol. The highest BCUT2D eigenvalue weighted by atomic mass is 35.5. The summed E-state index contributed by atoms with van der Waals surface area (Å²) in [6, 6.07) is 17.4. The van der Waals surface area contributed by atoms with Gasteiger partial charge in [0, 0.05) is 19.6 Å². The van der Waals surface area contributed by atoms with Crippen molar-refractivity contribution in [3.63, 3.8) is 0 Å². The smallest absolute Gasteiger partial charge is 0.122 e. The fourth-order valence-electron chi connectivity index (χ4n) is 4.31. The van der Waals surface area contributed by atoms with Gasteiger partial charge in [0.25, 0.3) is 0 Å². The van der Waals surface area contributed by atoms with Crippen molar-refractivity contribution in [3.8, 4) is 5.75 Å². The van der Waals surface area contributed by atoms with Crippen molar-refractivity contribution in [2.75, 3.05) is 20.2 Å². The molecule has 2 aromatic carbocycles. The van der Waals surface area contributed by atoms with E-state index in [4.69, 9.17) is 4.74 Å². The van der Waals surface area contributed by atoms with Gasteiger partial charge in [0.1, 0.15) is 5.75 Å². The molecule has 2 aliphatic rings. The molecular formula is C20H25Cl2NO. The minimum Gasteiger partial charge on any atom is -0.496 e. The van der Waals surface area contributed by atoms with E-state index in [0.717, 1.165) is 18.2 Å². The summed E-state index contributed by atoms with van der Waals surface area (Å²) in [4.78, 5) is 2.64. The van der Waals surface area contributed by atoms with Crippen molar-refractivity contribution < 1.29 is 4.74 Å². The maximum Gasteiger partial charge on any atom is 0.122 e. The highest BCUT2D eigenvalue weighted by Gasteiger charge is 2.35. The molecule has 2 bridgehead atoms. The normalized spacial score (nSPS) is 21.9. The molecule has 0 amide bonds. The number of nitrogens with zero attached hydrogens (tertiary/aromatic N) is 1. The zero-order chi connectivity index (χ0) is 14.9. The molecule has 2 nitrogen and oxygen atoms in total. The Balaban J connectivity index is 0.00000104. The number of hydrogen-bond donors (Lipinski definition) is 0. The van der Waals surface area contributed by atoms with Crippen LogP contribution in [-0.4, -0.2) is 25.1 Å². The van der Waals surface area contributed by atoms with Crippen LogP contribution in [0.4, 0.5) is 0 Å². The van der Waals surface area contributed by atoms with E-state index in [9.17, 15) is 0 Å². The molecule has 24 heavy (non-hydrogen) atoms. The number of methoxy groups -OCH3 is 1. The molecule has 130 valence electrons. The number of rotatable bonds is 3. The van der Waals surface area contributed by atoms with Crippen LogP contribution >= 0.6 is 24.8 Å². The second-order valence-electron chi connectivity index (χ2n) is 6.71. The van der Waals surface area contributed by atoms with Crippen LogP contribution in [0.2, 0.25) is 0 Å². The molecule has 4 heteroatoms. The molecule has 2 aromatic rings. The lowest BCUT2D eigenvalue weighted by Gasteiger charge is -2.42. The molecule has 1 aliphatic carbocycles. The summed E-state index contributed by atoms with van der Waals surface area (Å²) in [5.74, 6) is 2.52. The zero-order valence-corrected chi connectivity index (χ0v) is 15.6. The van der Waals surface area contributed by atoms with Crippen molar-refractivity contribution in [2.24, 2.45) is 5.92 Å². The van der Waals surface area contributed by atoms with E-state index < -0.39 is 0 Å². The van der Waals surface area contributed by atoms with Crippen LogP contribution in [0.1, 0.15) is 29.0 Å². The first-order valence-corrected chi connectivity index (χ1v) is 8.25. The van der Waals surface area contributed by atoms with Gasteiger partial charge >= 0.3 is 0 Å². The van der Waals surface area contributed by atoms with Crippen LogP contribution in [0.3, 0.4) is 0 Å². The van der Waals surface area contributed by atoms with Gasteiger partial charge in [0.05, 0.1) is 7.11 Å². The lowest BCUT2D eigenvalue weighted by atomic mass is 9.73. The van der Waals surface area contributed by atoms with Gasteiger partial charge in [-0.15, -0.1) is 24.8 Å². The largest absolute Gasteiger partial charge is 0.496 e. The van der Waals surface area contributed by atoms with Crippen LogP contribution in [0.5, 0.6) is 5.75 Å². The SMILES string of the molecule is COc1cccc2c1CC1CC2CN(Cc2ccccc2)C1.Cl.Cl. The molecule has 2 atom stereocenters. The maximum absolute atomic E-state index is 5.59. The molecule has 0 spiro atoms. The zero-order valence-electron chi connectivity index (χ0n) is 14.0. The summed E-state index contributed by atoms with van der Waals surface area (Å²) in [7, 11) is 1.79. The van der Waals surface area contributed by atoms with Crippen LogP contribution in [0.15, 0.2) is 48.5 Å². The average molecular weight is 366 g/mol. The Kier molecular flexibility index (Phi) is 6.56. The quantitative estimate of drug-likeness (QED) is 0.781. The molecule has 1 aliphatic heterocycles. The third-order valence-corrected chi connectivity index (χ3v) is 5.18. The first-order chi connectivity index (χ1) is 10.8. The minimum atomic E-state index is 0. The Morgan fingerprint density at radius 3 is 2.54 bits per heavy atom. The van der Waals surface area contributed by atoms with Crippen molar-refractivity contribution in [1.82, 2.24) is 4.90 Å². The second-order valence-corrected chi connectivity index (χ2v) is 6.71. The van der Waals surface area contributed by atoms with Crippen molar-refractivity contribution in [3.05, 3.63) is 65.2 Å². The minimum absolute atomic E-state index is 0. The van der Waals surface area contributed by atoms with Gasteiger partial charge in [0.2, 0.25) is 0 Å².